The molecule has 3 rings (SSSR count). The minimum absolute atomic E-state index is 0.0715. The van der Waals surface area contributed by atoms with Gasteiger partial charge in [0.1, 0.15) is 22.9 Å². The summed E-state index contributed by atoms with van der Waals surface area (Å²) in [6.07, 6.45) is 0. The maximum Gasteiger partial charge on any atom is 0.354 e. The summed E-state index contributed by atoms with van der Waals surface area (Å²) in [5.41, 5.74) is 0.329. The van der Waals surface area contributed by atoms with Gasteiger partial charge in [0.05, 0.1) is 14.2 Å². The highest BCUT2D eigenvalue weighted by Crippen LogP contribution is 2.24. The Morgan fingerprint density at radius 2 is 1.38 bits per heavy atom. The number of hydrogen-bond donors (Lipinski definition) is 1. The Labute approximate surface area is 167 Å². The number of ether oxygens (including phenoxy) is 2. The molecule has 1 fully saturated rings. The van der Waals surface area contributed by atoms with Crippen molar-refractivity contribution in [2.45, 2.75) is 0 Å². The minimum Gasteiger partial charge on any atom is -0.497 e. The highest BCUT2D eigenvalue weighted by Gasteiger charge is 2.27. The van der Waals surface area contributed by atoms with Gasteiger partial charge in [-0.1, -0.05) is 6.07 Å². The normalized spacial score (nSPS) is 13.7. The molecule has 152 valence electrons. The van der Waals surface area contributed by atoms with Crippen LogP contribution in [0.25, 0.3) is 0 Å². The van der Waals surface area contributed by atoms with Gasteiger partial charge in [0.2, 0.25) is 0 Å². The molecule has 0 radical (unpaired) electrons. The summed E-state index contributed by atoms with van der Waals surface area (Å²) in [6, 6.07) is 9.27. The Kier molecular flexibility index (Phi) is 5.96. The number of nitrogens with zero attached hydrogens (tertiary/aromatic N) is 3. The van der Waals surface area contributed by atoms with E-state index < -0.39 is 5.97 Å². The van der Waals surface area contributed by atoms with Crippen molar-refractivity contribution >= 4 is 17.8 Å². The van der Waals surface area contributed by atoms with Crippen LogP contribution in [0.3, 0.4) is 0 Å². The van der Waals surface area contributed by atoms with Crippen molar-refractivity contribution in [3.63, 3.8) is 0 Å². The quantitative estimate of drug-likeness (QED) is 0.809. The highest BCUT2D eigenvalue weighted by molar-refractivity contribution is 5.96. The molecule has 1 aliphatic heterocycles. The van der Waals surface area contributed by atoms with Crippen molar-refractivity contribution in [3.05, 3.63) is 53.3 Å². The summed E-state index contributed by atoms with van der Waals surface area (Å²) in [4.78, 5) is 43.6. The first-order valence-corrected chi connectivity index (χ1v) is 8.95. The first-order valence-electron chi connectivity index (χ1n) is 8.95. The Balaban J connectivity index is 1.67. The molecular weight excluding hydrogens is 378 g/mol. The molecule has 1 aromatic carbocycles. The van der Waals surface area contributed by atoms with Crippen molar-refractivity contribution in [1.82, 2.24) is 14.8 Å². The number of rotatable bonds is 5. The fraction of sp³-hybridized carbons (Fsp3) is 0.300. The molecule has 9 heteroatoms. The average Bonchev–Trinajstić information content (AvgIpc) is 2.77. The second-order valence-corrected chi connectivity index (χ2v) is 6.40. The van der Waals surface area contributed by atoms with Crippen molar-refractivity contribution in [2.75, 3.05) is 40.4 Å². The highest BCUT2D eigenvalue weighted by atomic mass is 16.5. The van der Waals surface area contributed by atoms with Crippen LogP contribution in [0.15, 0.2) is 36.4 Å². The molecule has 1 saturated heterocycles. The maximum absolute atomic E-state index is 12.8. The molecule has 2 heterocycles. The lowest BCUT2D eigenvalue weighted by atomic mass is 10.1. The minimum atomic E-state index is -1.19. The van der Waals surface area contributed by atoms with Crippen LogP contribution in [0.1, 0.15) is 31.3 Å². The lowest BCUT2D eigenvalue weighted by molar-refractivity contribution is 0.0531. The molecule has 0 atom stereocenters. The summed E-state index contributed by atoms with van der Waals surface area (Å²) in [5, 5.41) is 9.03. The molecule has 2 amide bonds. The number of carboxylic acids is 1. The number of pyridine rings is 1. The van der Waals surface area contributed by atoms with Crippen LogP contribution in [0.5, 0.6) is 11.5 Å². The largest absolute Gasteiger partial charge is 0.497 e. The lowest BCUT2D eigenvalue weighted by Crippen LogP contribution is -2.50. The van der Waals surface area contributed by atoms with E-state index in [1.165, 1.54) is 32.4 Å². The predicted molar refractivity (Wildman–Crippen MR) is 103 cm³/mol. The van der Waals surface area contributed by atoms with Crippen molar-refractivity contribution in [3.8, 4) is 11.5 Å². The summed E-state index contributed by atoms with van der Waals surface area (Å²) in [6.45, 7) is 1.35. The van der Waals surface area contributed by atoms with Crippen LogP contribution in [-0.2, 0) is 0 Å². The second-order valence-electron chi connectivity index (χ2n) is 6.40. The van der Waals surface area contributed by atoms with Crippen molar-refractivity contribution in [2.24, 2.45) is 0 Å². The molecule has 0 bridgehead atoms. The van der Waals surface area contributed by atoms with Gasteiger partial charge in [-0.3, -0.25) is 9.59 Å². The van der Waals surface area contributed by atoms with Gasteiger partial charge >= 0.3 is 5.97 Å². The smallest absolute Gasteiger partial charge is 0.354 e. The standard InChI is InChI=1S/C20H21N3O6/c1-28-14-10-13(11-15(12-14)29-2)18(24)22-6-8-23(9-7-22)19(25)16-4-3-5-17(21-16)20(26)27/h3-5,10-12H,6-9H2,1-2H3,(H,26,27). The van der Waals surface area contributed by atoms with E-state index in [4.69, 9.17) is 14.6 Å². The van der Waals surface area contributed by atoms with Crippen LogP contribution in [0.4, 0.5) is 0 Å². The monoisotopic (exact) mass is 399 g/mol. The number of methoxy groups -OCH3 is 2. The van der Waals surface area contributed by atoms with Gasteiger partial charge in [-0.2, -0.15) is 0 Å². The zero-order valence-corrected chi connectivity index (χ0v) is 16.1. The van der Waals surface area contributed by atoms with E-state index in [1.54, 1.807) is 28.0 Å². The molecule has 9 nitrogen and oxygen atoms in total. The van der Waals surface area contributed by atoms with Gasteiger partial charge in [-0.25, -0.2) is 9.78 Å². The number of benzene rings is 1. The molecule has 0 spiro atoms. The molecular formula is C20H21N3O6. The van der Waals surface area contributed by atoms with E-state index in [1.807, 2.05) is 0 Å². The van der Waals surface area contributed by atoms with Crippen LogP contribution in [0.2, 0.25) is 0 Å². The van der Waals surface area contributed by atoms with Crippen LogP contribution < -0.4 is 9.47 Å². The van der Waals surface area contributed by atoms with Gasteiger partial charge in [0, 0.05) is 37.8 Å². The third-order valence-electron chi connectivity index (χ3n) is 4.64. The maximum atomic E-state index is 12.8. The van der Waals surface area contributed by atoms with E-state index in [-0.39, 0.29) is 23.2 Å². The number of piperazine rings is 1. The van der Waals surface area contributed by atoms with E-state index in [9.17, 15) is 14.4 Å². The number of carbonyl (C=O) groups is 3. The van der Waals surface area contributed by atoms with E-state index in [0.29, 0.717) is 43.2 Å². The van der Waals surface area contributed by atoms with Crippen LogP contribution in [0, 0.1) is 0 Å². The lowest BCUT2D eigenvalue weighted by Gasteiger charge is -2.34. The van der Waals surface area contributed by atoms with E-state index in [0.717, 1.165) is 0 Å². The molecule has 1 aliphatic rings. The Hall–Kier alpha value is -3.62. The average molecular weight is 399 g/mol. The Morgan fingerprint density at radius 1 is 0.862 bits per heavy atom. The third kappa shape index (κ3) is 4.45. The fourth-order valence-corrected chi connectivity index (χ4v) is 3.06. The SMILES string of the molecule is COc1cc(OC)cc(C(=O)N2CCN(C(=O)c3cccc(C(=O)O)n3)CC2)c1. The van der Waals surface area contributed by atoms with Gasteiger partial charge in [0.25, 0.3) is 11.8 Å². The number of carboxylic acid groups (broad SMARTS) is 1. The molecule has 29 heavy (non-hydrogen) atoms. The number of aromatic nitrogens is 1. The number of hydrogen-bond acceptors (Lipinski definition) is 6. The Morgan fingerprint density at radius 3 is 1.90 bits per heavy atom. The van der Waals surface area contributed by atoms with Gasteiger partial charge in [-0.15, -0.1) is 0 Å². The Bertz CT molecular complexity index is 915. The first kappa shape index (κ1) is 20.1. The summed E-state index contributed by atoms with van der Waals surface area (Å²) in [7, 11) is 3.03. The number of amides is 2. The van der Waals surface area contributed by atoms with Gasteiger partial charge in [-0.05, 0) is 24.3 Å². The predicted octanol–water partition coefficient (Wildman–Crippen LogP) is 1.40. The molecule has 0 saturated carbocycles. The van der Waals surface area contributed by atoms with Crippen molar-refractivity contribution < 1.29 is 29.0 Å². The molecule has 1 aromatic heterocycles. The second kappa shape index (κ2) is 8.59. The first-order chi connectivity index (χ1) is 13.9. The van der Waals surface area contributed by atoms with Gasteiger partial charge < -0.3 is 24.4 Å². The molecule has 0 unspecified atom stereocenters. The number of carbonyl (C=O) groups excluding carboxylic acids is 2. The van der Waals surface area contributed by atoms with Gasteiger partial charge in [0.15, 0.2) is 0 Å². The van der Waals surface area contributed by atoms with Crippen molar-refractivity contribution in [1.29, 1.82) is 0 Å². The number of aromatic carboxylic acids is 1. The van der Waals surface area contributed by atoms with Crippen LogP contribution >= 0.6 is 0 Å². The summed E-state index contributed by atoms with van der Waals surface area (Å²) in [5.74, 6) is -0.691. The molecule has 2 aromatic rings. The third-order valence-corrected chi connectivity index (χ3v) is 4.64. The molecule has 1 N–H and O–H groups in total. The summed E-state index contributed by atoms with van der Waals surface area (Å²) < 4.78 is 10.4. The van der Waals surface area contributed by atoms with E-state index >= 15 is 0 Å². The zero-order chi connectivity index (χ0) is 21.0. The zero-order valence-electron chi connectivity index (χ0n) is 16.1. The van der Waals surface area contributed by atoms with Crippen LogP contribution in [-0.4, -0.2) is 78.1 Å². The fourth-order valence-electron chi connectivity index (χ4n) is 3.06. The topological polar surface area (TPSA) is 109 Å². The summed E-state index contributed by atoms with van der Waals surface area (Å²) >= 11 is 0. The van der Waals surface area contributed by atoms with E-state index in [2.05, 4.69) is 4.98 Å². The molecule has 0 aliphatic carbocycles.